The highest BCUT2D eigenvalue weighted by Crippen LogP contribution is 2.31. The number of hydrogen-bond acceptors (Lipinski definition) is 4. The molecule has 3 rings (SSSR count). The molecular weight excluding hydrogens is 581 g/mol. The summed E-state index contributed by atoms with van der Waals surface area (Å²) >= 11 is 18.9. The number of halogens is 3. The molecule has 0 spiro atoms. The van der Waals surface area contributed by atoms with E-state index >= 15 is 0 Å². The second-order valence-corrected chi connectivity index (χ2v) is 12.1. The van der Waals surface area contributed by atoms with Crippen molar-refractivity contribution in [1.29, 1.82) is 0 Å². The summed E-state index contributed by atoms with van der Waals surface area (Å²) in [5.74, 6) is -0.961. The molecule has 39 heavy (non-hydrogen) atoms. The fraction of sp³-hybridized carbons (Fsp3) is 0.286. The standard InChI is InChI=1S/C28H30Cl3N3O4S/c1-3-15-32-28(36)26(16-20-9-5-4-6-10-20)33(18-21-11-7-8-12-23(21)30)27(35)19-34(39(2,37)38)25-17-22(29)13-14-24(25)31/h4-14,17,26H,3,15-16,18-19H2,1-2H3,(H,32,36)/t26-/m0/s1. The van der Waals surface area contributed by atoms with Crippen molar-refractivity contribution in [2.45, 2.75) is 32.4 Å². The fourth-order valence-electron chi connectivity index (χ4n) is 4.00. The Kier molecular flexibility index (Phi) is 11.1. The van der Waals surface area contributed by atoms with Gasteiger partial charge in [-0.3, -0.25) is 13.9 Å². The van der Waals surface area contributed by atoms with Crippen LogP contribution in [-0.2, 0) is 32.6 Å². The van der Waals surface area contributed by atoms with Crippen LogP contribution in [0.15, 0.2) is 72.8 Å². The average Bonchev–Trinajstić information content (AvgIpc) is 2.90. The van der Waals surface area contributed by atoms with E-state index < -0.39 is 28.5 Å². The molecular formula is C28H30Cl3N3O4S. The molecule has 0 aliphatic rings. The van der Waals surface area contributed by atoms with Crippen LogP contribution >= 0.6 is 34.8 Å². The summed E-state index contributed by atoms with van der Waals surface area (Å²) in [7, 11) is -3.97. The summed E-state index contributed by atoms with van der Waals surface area (Å²) in [4.78, 5) is 28.9. The normalized spacial score (nSPS) is 12.0. The Morgan fingerprint density at radius 3 is 2.23 bits per heavy atom. The molecule has 0 radical (unpaired) electrons. The molecule has 1 atom stereocenters. The minimum atomic E-state index is -3.97. The van der Waals surface area contributed by atoms with Crippen molar-refractivity contribution in [2.75, 3.05) is 23.7 Å². The molecule has 0 bridgehead atoms. The third-order valence-electron chi connectivity index (χ3n) is 5.97. The summed E-state index contributed by atoms with van der Waals surface area (Å²) in [5.41, 5.74) is 1.51. The number of carbonyl (C=O) groups is 2. The van der Waals surface area contributed by atoms with Crippen molar-refractivity contribution in [1.82, 2.24) is 10.2 Å². The van der Waals surface area contributed by atoms with Crippen molar-refractivity contribution in [3.8, 4) is 0 Å². The summed E-state index contributed by atoms with van der Waals surface area (Å²) < 4.78 is 26.6. The van der Waals surface area contributed by atoms with Gasteiger partial charge in [-0.05, 0) is 41.8 Å². The van der Waals surface area contributed by atoms with Crippen molar-refractivity contribution in [3.05, 3.63) is 99.0 Å². The quantitative estimate of drug-likeness (QED) is 0.290. The van der Waals surface area contributed by atoms with Crippen molar-refractivity contribution in [2.24, 2.45) is 0 Å². The Hall–Kier alpha value is -2.78. The average molecular weight is 611 g/mol. The number of sulfonamides is 1. The van der Waals surface area contributed by atoms with Crippen LogP contribution in [0.25, 0.3) is 0 Å². The highest BCUT2D eigenvalue weighted by molar-refractivity contribution is 7.92. The van der Waals surface area contributed by atoms with Crippen molar-refractivity contribution >= 4 is 62.3 Å². The van der Waals surface area contributed by atoms with Gasteiger partial charge in [-0.2, -0.15) is 0 Å². The zero-order chi connectivity index (χ0) is 28.6. The van der Waals surface area contributed by atoms with Gasteiger partial charge in [0, 0.05) is 29.6 Å². The summed E-state index contributed by atoms with van der Waals surface area (Å²) in [6.07, 6.45) is 1.89. The Balaban J connectivity index is 2.08. The smallest absolute Gasteiger partial charge is 0.244 e. The number of rotatable bonds is 12. The molecule has 0 aliphatic heterocycles. The van der Waals surface area contributed by atoms with Crippen LogP contribution in [-0.4, -0.2) is 50.5 Å². The maximum absolute atomic E-state index is 14.0. The molecule has 3 aromatic rings. The Bertz CT molecular complexity index is 1400. The van der Waals surface area contributed by atoms with Gasteiger partial charge in [-0.25, -0.2) is 8.42 Å². The SMILES string of the molecule is CCCNC(=O)[C@H](Cc1ccccc1)N(Cc1ccccc1Cl)C(=O)CN(c1cc(Cl)ccc1Cl)S(C)(=O)=O. The molecule has 3 aromatic carbocycles. The first-order valence-corrected chi connectivity index (χ1v) is 15.3. The van der Waals surface area contributed by atoms with Gasteiger partial charge in [0.2, 0.25) is 21.8 Å². The van der Waals surface area contributed by atoms with Crippen molar-refractivity contribution < 1.29 is 18.0 Å². The first-order chi connectivity index (χ1) is 18.5. The zero-order valence-electron chi connectivity index (χ0n) is 21.6. The lowest BCUT2D eigenvalue weighted by molar-refractivity contribution is -0.140. The molecule has 11 heteroatoms. The molecule has 0 aliphatic carbocycles. The van der Waals surface area contributed by atoms with E-state index in [2.05, 4.69) is 5.32 Å². The van der Waals surface area contributed by atoms with Crippen LogP contribution in [0, 0.1) is 0 Å². The second-order valence-electron chi connectivity index (χ2n) is 8.97. The third-order valence-corrected chi connectivity index (χ3v) is 8.02. The molecule has 0 saturated heterocycles. The highest BCUT2D eigenvalue weighted by Gasteiger charge is 2.33. The fourth-order valence-corrected chi connectivity index (χ4v) is 5.49. The van der Waals surface area contributed by atoms with Crippen LogP contribution in [0.5, 0.6) is 0 Å². The van der Waals surface area contributed by atoms with Crippen LogP contribution in [0.4, 0.5) is 5.69 Å². The number of nitrogens with zero attached hydrogens (tertiary/aromatic N) is 2. The molecule has 0 fully saturated rings. The zero-order valence-corrected chi connectivity index (χ0v) is 24.7. The Morgan fingerprint density at radius 2 is 1.59 bits per heavy atom. The molecule has 0 heterocycles. The molecule has 1 N–H and O–H groups in total. The highest BCUT2D eigenvalue weighted by atomic mass is 35.5. The van der Waals surface area contributed by atoms with Crippen LogP contribution in [0.3, 0.4) is 0 Å². The number of carbonyl (C=O) groups excluding carboxylic acids is 2. The molecule has 2 amide bonds. The van der Waals surface area contributed by atoms with Gasteiger partial charge in [-0.15, -0.1) is 0 Å². The van der Waals surface area contributed by atoms with Gasteiger partial charge in [0.05, 0.1) is 17.0 Å². The van der Waals surface area contributed by atoms with Gasteiger partial charge in [0.25, 0.3) is 0 Å². The second kappa shape index (κ2) is 14.0. The lowest BCUT2D eigenvalue weighted by Gasteiger charge is -2.34. The summed E-state index contributed by atoms with van der Waals surface area (Å²) in [6, 6.07) is 19.7. The van der Waals surface area contributed by atoms with E-state index in [0.29, 0.717) is 23.6 Å². The van der Waals surface area contributed by atoms with Crippen LogP contribution < -0.4 is 9.62 Å². The summed E-state index contributed by atoms with van der Waals surface area (Å²) in [6.45, 7) is 1.73. The maximum Gasteiger partial charge on any atom is 0.244 e. The Morgan fingerprint density at radius 1 is 0.923 bits per heavy atom. The van der Waals surface area contributed by atoms with E-state index in [0.717, 1.165) is 16.1 Å². The number of amides is 2. The largest absolute Gasteiger partial charge is 0.354 e. The first-order valence-electron chi connectivity index (χ1n) is 12.3. The molecule has 0 aromatic heterocycles. The van der Waals surface area contributed by atoms with E-state index in [1.807, 2.05) is 37.3 Å². The number of hydrogen-bond donors (Lipinski definition) is 1. The van der Waals surface area contributed by atoms with Crippen LogP contribution in [0.1, 0.15) is 24.5 Å². The molecule has 0 unspecified atom stereocenters. The van der Waals surface area contributed by atoms with Gasteiger partial charge in [-0.1, -0.05) is 90.3 Å². The topological polar surface area (TPSA) is 86.8 Å². The molecule has 208 valence electrons. The monoisotopic (exact) mass is 609 g/mol. The van der Waals surface area contributed by atoms with Crippen LogP contribution in [0.2, 0.25) is 15.1 Å². The van der Waals surface area contributed by atoms with Gasteiger partial charge < -0.3 is 10.2 Å². The molecule has 0 saturated carbocycles. The predicted octanol–water partition coefficient (Wildman–Crippen LogP) is 5.58. The minimum absolute atomic E-state index is 0.0174. The maximum atomic E-state index is 14.0. The number of anilines is 1. The van der Waals surface area contributed by atoms with E-state index in [1.54, 1.807) is 24.3 Å². The first kappa shape index (κ1) is 30.8. The number of nitrogens with one attached hydrogen (secondary N) is 1. The van der Waals surface area contributed by atoms with E-state index in [9.17, 15) is 18.0 Å². The number of benzene rings is 3. The molecule has 7 nitrogen and oxygen atoms in total. The van der Waals surface area contributed by atoms with Gasteiger partial charge in [0.1, 0.15) is 12.6 Å². The minimum Gasteiger partial charge on any atom is -0.354 e. The Labute approximate surface area is 244 Å². The summed E-state index contributed by atoms with van der Waals surface area (Å²) in [5, 5.41) is 3.66. The van der Waals surface area contributed by atoms with Crippen molar-refractivity contribution in [3.63, 3.8) is 0 Å². The third kappa shape index (κ3) is 8.60. The lowest BCUT2D eigenvalue weighted by Crippen LogP contribution is -2.53. The predicted molar refractivity (Wildman–Crippen MR) is 158 cm³/mol. The van der Waals surface area contributed by atoms with Gasteiger partial charge in [0.15, 0.2) is 0 Å². The van der Waals surface area contributed by atoms with E-state index in [1.165, 1.54) is 23.1 Å². The lowest BCUT2D eigenvalue weighted by atomic mass is 10.0. The van der Waals surface area contributed by atoms with E-state index in [-0.39, 0.29) is 34.6 Å². The van der Waals surface area contributed by atoms with E-state index in [4.69, 9.17) is 34.8 Å². The van der Waals surface area contributed by atoms with Gasteiger partial charge >= 0.3 is 0 Å².